The van der Waals surface area contributed by atoms with E-state index in [0.29, 0.717) is 11.8 Å². The smallest absolute Gasteiger partial charge is 0.332 e. The summed E-state index contributed by atoms with van der Waals surface area (Å²) in [6.07, 6.45) is 3.31. The van der Waals surface area contributed by atoms with Crippen molar-refractivity contribution in [2.24, 2.45) is 11.8 Å². The lowest BCUT2D eigenvalue weighted by molar-refractivity contribution is -0.385. The van der Waals surface area contributed by atoms with Crippen molar-refractivity contribution < 1.29 is 4.92 Å². The Morgan fingerprint density at radius 3 is 2.70 bits per heavy atom. The van der Waals surface area contributed by atoms with Gasteiger partial charge in [-0.2, -0.15) is 4.98 Å². The van der Waals surface area contributed by atoms with E-state index in [9.17, 15) is 10.1 Å². The predicted octanol–water partition coefficient (Wildman–Crippen LogP) is 3.58. The highest BCUT2D eigenvalue weighted by Crippen LogP contribution is 2.34. The third-order valence-electron chi connectivity index (χ3n) is 4.24. The monoisotopic (exact) mass is 298 g/mol. The van der Waals surface area contributed by atoms with Gasteiger partial charge < -0.3 is 5.32 Å². The molecule has 0 aromatic carbocycles. The number of aryl methyl sites for hydroxylation is 1. The molecule has 3 unspecified atom stereocenters. The highest BCUT2D eigenvalue weighted by molar-refractivity contribution is 6.28. The number of rotatable bonds is 3. The van der Waals surface area contributed by atoms with Gasteiger partial charge in [0.25, 0.3) is 0 Å². The third-order valence-corrected chi connectivity index (χ3v) is 4.41. The Balaban J connectivity index is 2.30. The summed E-state index contributed by atoms with van der Waals surface area (Å²) in [4.78, 5) is 18.6. The van der Waals surface area contributed by atoms with E-state index in [0.717, 1.165) is 12.8 Å². The molecule has 1 saturated carbocycles. The molecule has 0 spiro atoms. The molecule has 1 N–H and O–H groups in total. The van der Waals surface area contributed by atoms with Crippen molar-refractivity contribution in [1.29, 1.82) is 0 Å². The average Bonchev–Trinajstić information content (AvgIpc) is 2.33. The van der Waals surface area contributed by atoms with Gasteiger partial charge >= 0.3 is 5.69 Å². The summed E-state index contributed by atoms with van der Waals surface area (Å²) < 4.78 is 0. The van der Waals surface area contributed by atoms with Crippen molar-refractivity contribution in [3.63, 3.8) is 0 Å². The van der Waals surface area contributed by atoms with Crippen LogP contribution in [0.4, 0.5) is 11.5 Å². The molecule has 110 valence electrons. The first-order valence-corrected chi connectivity index (χ1v) is 7.23. The van der Waals surface area contributed by atoms with Gasteiger partial charge in [0.15, 0.2) is 0 Å². The van der Waals surface area contributed by atoms with E-state index >= 15 is 0 Å². The first-order valence-electron chi connectivity index (χ1n) is 6.85. The first-order chi connectivity index (χ1) is 9.40. The first kappa shape index (κ1) is 15.0. The SMILES string of the molecule is Cc1nc(Cl)nc(NC2CCCC(C)C2C)c1[N+](=O)[O-]. The Hall–Kier alpha value is -1.43. The zero-order chi connectivity index (χ0) is 14.9. The fourth-order valence-corrected chi connectivity index (χ4v) is 3.02. The minimum absolute atomic E-state index is 0.0344. The number of halogens is 1. The Kier molecular flexibility index (Phi) is 4.42. The van der Waals surface area contributed by atoms with Gasteiger partial charge in [0, 0.05) is 6.04 Å². The Morgan fingerprint density at radius 1 is 1.35 bits per heavy atom. The minimum Gasteiger partial charge on any atom is -0.361 e. The lowest BCUT2D eigenvalue weighted by atomic mass is 9.78. The van der Waals surface area contributed by atoms with Crippen LogP contribution in [0.25, 0.3) is 0 Å². The van der Waals surface area contributed by atoms with Crippen molar-refractivity contribution in [3.05, 3.63) is 21.1 Å². The van der Waals surface area contributed by atoms with Gasteiger partial charge in [-0.3, -0.25) is 10.1 Å². The quantitative estimate of drug-likeness (QED) is 0.524. The molecule has 0 saturated heterocycles. The van der Waals surface area contributed by atoms with Crippen LogP contribution in [-0.4, -0.2) is 20.9 Å². The van der Waals surface area contributed by atoms with E-state index in [2.05, 4.69) is 29.1 Å². The molecule has 7 heteroatoms. The van der Waals surface area contributed by atoms with Crippen LogP contribution >= 0.6 is 11.6 Å². The fourth-order valence-electron chi connectivity index (χ4n) is 2.81. The minimum atomic E-state index is -0.453. The van der Waals surface area contributed by atoms with E-state index in [1.165, 1.54) is 6.42 Å². The van der Waals surface area contributed by atoms with Crippen LogP contribution in [0.5, 0.6) is 0 Å². The molecule has 1 fully saturated rings. The van der Waals surface area contributed by atoms with E-state index in [4.69, 9.17) is 11.6 Å². The van der Waals surface area contributed by atoms with Crippen LogP contribution in [0.3, 0.4) is 0 Å². The predicted molar refractivity (Wildman–Crippen MR) is 78.0 cm³/mol. The summed E-state index contributed by atoms with van der Waals surface area (Å²) >= 11 is 5.82. The standard InChI is InChI=1S/C13H19ClN4O2/c1-7-5-4-6-10(8(7)2)16-12-11(18(19)20)9(3)15-13(14)17-12/h7-8,10H,4-6H2,1-3H3,(H,15,16,17). The van der Waals surface area contributed by atoms with Crippen molar-refractivity contribution in [3.8, 4) is 0 Å². The molecule has 1 aliphatic carbocycles. The van der Waals surface area contributed by atoms with Gasteiger partial charge in [-0.15, -0.1) is 0 Å². The molecule has 1 aromatic heterocycles. The largest absolute Gasteiger partial charge is 0.361 e. The number of hydrogen-bond acceptors (Lipinski definition) is 5. The molecular formula is C13H19ClN4O2. The summed E-state index contributed by atoms with van der Waals surface area (Å²) in [6, 6.07) is 0.183. The molecule has 3 atom stereocenters. The zero-order valence-electron chi connectivity index (χ0n) is 11.9. The maximum atomic E-state index is 11.2. The Bertz CT molecular complexity index is 523. The number of nitro groups is 1. The maximum absolute atomic E-state index is 11.2. The zero-order valence-corrected chi connectivity index (χ0v) is 12.6. The van der Waals surface area contributed by atoms with Gasteiger partial charge in [0.2, 0.25) is 11.1 Å². The summed E-state index contributed by atoms with van der Waals surface area (Å²) in [5, 5.41) is 14.4. The molecule has 0 aliphatic heterocycles. The van der Waals surface area contributed by atoms with Crippen LogP contribution in [0.1, 0.15) is 38.8 Å². The van der Waals surface area contributed by atoms with Crippen molar-refractivity contribution in [2.45, 2.75) is 46.1 Å². The molecule has 2 rings (SSSR count). The second kappa shape index (κ2) is 5.91. The summed E-state index contributed by atoms with van der Waals surface area (Å²) in [6.45, 7) is 5.96. The topological polar surface area (TPSA) is 81.0 Å². The van der Waals surface area contributed by atoms with E-state index in [-0.39, 0.29) is 28.5 Å². The number of aromatic nitrogens is 2. The molecule has 0 radical (unpaired) electrons. The molecule has 1 heterocycles. The highest BCUT2D eigenvalue weighted by Gasteiger charge is 2.30. The van der Waals surface area contributed by atoms with E-state index in [1.807, 2.05) is 0 Å². The third kappa shape index (κ3) is 3.00. The number of nitrogens with one attached hydrogen (secondary N) is 1. The molecule has 1 aromatic rings. The summed E-state index contributed by atoms with van der Waals surface area (Å²) in [5.74, 6) is 1.27. The number of nitrogens with zero attached hydrogens (tertiary/aromatic N) is 3. The average molecular weight is 299 g/mol. The molecular weight excluding hydrogens is 280 g/mol. The second-order valence-corrected chi connectivity index (χ2v) is 5.89. The van der Waals surface area contributed by atoms with Crippen molar-refractivity contribution in [2.75, 3.05) is 5.32 Å². The Labute approximate surface area is 123 Å². The van der Waals surface area contributed by atoms with Gasteiger partial charge in [-0.1, -0.05) is 26.7 Å². The van der Waals surface area contributed by atoms with Crippen LogP contribution in [0.15, 0.2) is 0 Å². The molecule has 20 heavy (non-hydrogen) atoms. The number of anilines is 1. The molecule has 6 nitrogen and oxygen atoms in total. The molecule has 0 bridgehead atoms. The lowest BCUT2D eigenvalue weighted by Gasteiger charge is -2.34. The Morgan fingerprint density at radius 2 is 2.05 bits per heavy atom. The van der Waals surface area contributed by atoms with E-state index < -0.39 is 4.92 Å². The highest BCUT2D eigenvalue weighted by atomic mass is 35.5. The van der Waals surface area contributed by atoms with Gasteiger partial charge in [-0.05, 0) is 36.8 Å². The lowest BCUT2D eigenvalue weighted by Crippen LogP contribution is -2.35. The summed E-state index contributed by atoms with van der Waals surface area (Å²) in [7, 11) is 0. The van der Waals surface area contributed by atoms with Crippen molar-refractivity contribution in [1.82, 2.24) is 9.97 Å². The normalized spacial score (nSPS) is 26.3. The number of hydrogen-bond donors (Lipinski definition) is 1. The van der Waals surface area contributed by atoms with Gasteiger partial charge in [0.05, 0.1) is 4.92 Å². The fraction of sp³-hybridized carbons (Fsp3) is 0.692. The van der Waals surface area contributed by atoms with E-state index in [1.54, 1.807) is 6.92 Å². The van der Waals surface area contributed by atoms with Crippen molar-refractivity contribution >= 4 is 23.1 Å². The van der Waals surface area contributed by atoms with Crippen LogP contribution in [0, 0.1) is 28.9 Å². The van der Waals surface area contributed by atoms with Crippen LogP contribution < -0.4 is 5.32 Å². The van der Waals surface area contributed by atoms with Crippen LogP contribution in [0.2, 0.25) is 5.28 Å². The maximum Gasteiger partial charge on any atom is 0.332 e. The second-order valence-electron chi connectivity index (χ2n) is 5.55. The van der Waals surface area contributed by atoms with Gasteiger partial charge in [0.1, 0.15) is 5.69 Å². The van der Waals surface area contributed by atoms with Crippen LogP contribution in [-0.2, 0) is 0 Å². The summed E-state index contributed by atoms with van der Waals surface area (Å²) in [5.41, 5.74) is 0.203. The van der Waals surface area contributed by atoms with Gasteiger partial charge in [-0.25, -0.2) is 4.98 Å². The molecule has 1 aliphatic rings. The molecule has 0 amide bonds.